The average Bonchev–Trinajstić information content (AvgIpc) is 2.72. The lowest BCUT2D eigenvalue weighted by molar-refractivity contribution is 0.107. The van der Waals surface area contributed by atoms with Gasteiger partial charge in [0.05, 0.1) is 35.6 Å². The number of nitrogens with zero attached hydrogens (tertiary/aromatic N) is 1. The van der Waals surface area contributed by atoms with Crippen molar-refractivity contribution in [3.63, 3.8) is 0 Å². The van der Waals surface area contributed by atoms with Crippen molar-refractivity contribution in [3.8, 4) is 11.5 Å². The van der Waals surface area contributed by atoms with Crippen molar-refractivity contribution in [1.82, 2.24) is 0 Å². The van der Waals surface area contributed by atoms with E-state index in [1.165, 1.54) is 6.08 Å². The predicted octanol–water partition coefficient (Wildman–Crippen LogP) is 7.59. The molecule has 0 saturated heterocycles. The van der Waals surface area contributed by atoms with Crippen LogP contribution in [0.4, 0.5) is 0 Å². The second kappa shape index (κ2) is 14.5. The summed E-state index contributed by atoms with van der Waals surface area (Å²) < 4.78 is 17.0. The van der Waals surface area contributed by atoms with Gasteiger partial charge in [0, 0.05) is 18.6 Å². The summed E-state index contributed by atoms with van der Waals surface area (Å²) in [5.74, 6) is 0.902. The number of ether oxygens (including phenoxy) is 3. The molecule has 0 fully saturated rings. The molecule has 0 amide bonds. The molecule has 174 valence electrons. The first-order chi connectivity index (χ1) is 15.3. The van der Waals surface area contributed by atoms with Crippen LogP contribution in [-0.2, 0) is 22.8 Å². The molecule has 2 rings (SSSR count). The second-order valence-electron chi connectivity index (χ2n) is 6.90. The molecule has 0 aliphatic carbocycles. The molecule has 0 aliphatic heterocycles. The monoisotopic (exact) mass is 519 g/mol. The van der Waals surface area contributed by atoms with Crippen molar-refractivity contribution in [2.24, 2.45) is 5.16 Å². The Morgan fingerprint density at radius 1 is 0.906 bits per heavy atom. The molecule has 2 aromatic carbocycles. The molecule has 0 saturated carbocycles. The molecule has 0 unspecified atom stereocenters. The highest BCUT2D eigenvalue weighted by Crippen LogP contribution is 2.37. The Morgan fingerprint density at radius 3 is 2.12 bits per heavy atom. The van der Waals surface area contributed by atoms with Gasteiger partial charge in [0.1, 0.15) is 23.5 Å². The van der Waals surface area contributed by atoms with Gasteiger partial charge in [0.25, 0.3) is 0 Å². The molecule has 0 heterocycles. The van der Waals surface area contributed by atoms with Crippen molar-refractivity contribution in [2.75, 3.05) is 19.8 Å². The zero-order chi connectivity index (χ0) is 23.3. The first kappa shape index (κ1) is 26.6. The molecule has 0 aromatic heterocycles. The van der Waals surface area contributed by atoms with Crippen LogP contribution in [0.2, 0.25) is 10.0 Å². The van der Waals surface area contributed by atoms with E-state index in [1.807, 2.05) is 38.1 Å². The zero-order valence-corrected chi connectivity index (χ0v) is 20.9. The van der Waals surface area contributed by atoms with Crippen LogP contribution in [0.5, 0.6) is 11.5 Å². The minimum Gasteiger partial charge on any atom is -0.490 e. The number of rotatable bonds is 13. The van der Waals surface area contributed by atoms with E-state index < -0.39 is 0 Å². The van der Waals surface area contributed by atoms with Gasteiger partial charge in [0.2, 0.25) is 0 Å². The molecular formula is C23H25Cl4NO4. The Balaban J connectivity index is 1.68. The lowest BCUT2D eigenvalue weighted by Crippen LogP contribution is -2.04. The van der Waals surface area contributed by atoms with Crippen LogP contribution in [0.15, 0.2) is 52.1 Å². The van der Waals surface area contributed by atoms with Gasteiger partial charge in [-0.3, -0.25) is 0 Å². The summed E-state index contributed by atoms with van der Waals surface area (Å²) >= 11 is 23.6. The standard InChI is InChI=1S/C23H25Cl4NO4/c1-16(2)28-32-15-18-6-4-17(5-7-18)14-29-9-3-10-31-23-20(24)12-19(13-21(23)25)30-11-8-22(26)27/h4-8,12-13H,3,9-11,14-15H2,1-2H3. The minimum absolute atomic E-state index is 0.128. The van der Waals surface area contributed by atoms with Crippen LogP contribution in [-0.4, -0.2) is 25.5 Å². The maximum Gasteiger partial charge on any atom is 0.156 e. The SMILES string of the molecule is CC(C)=NOCc1ccc(COCCCOc2c(Cl)cc(OCC=C(Cl)Cl)cc2Cl)cc1. The number of halogens is 4. The average molecular weight is 521 g/mol. The quantitative estimate of drug-likeness (QED) is 0.155. The molecule has 32 heavy (non-hydrogen) atoms. The minimum atomic E-state index is 0.128. The molecule has 9 heteroatoms. The van der Waals surface area contributed by atoms with E-state index in [2.05, 4.69) is 5.16 Å². The van der Waals surface area contributed by atoms with Crippen LogP contribution < -0.4 is 9.47 Å². The van der Waals surface area contributed by atoms with Crippen molar-refractivity contribution in [2.45, 2.75) is 33.5 Å². The van der Waals surface area contributed by atoms with Gasteiger partial charge in [-0.1, -0.05) is 75.8 Å². The van der Waals surface area contributed by atoms with Gasteiger partial charge in [0.15, 0.2) is 5.75 Å². The van der Waals surface area contributed by atoms with E-state index in [-0.39, 0.29) is 11.1 Å². The summed E-state index contributed by atoms with van der Waals surface area (Å²) in [7, 11) is 0. The van der Waals surface area contributed by atoms with Gasteiger partial charge in [-0.05, 0) is 31.1 Å². The lowest BCUT2D eigenvalue weighted by atomic mass is 10.1. The maximum atomic E-state index is 6.25. The third-order valence-corrected chi connectivity index (χ3v) is 4.78. The summed E-state index contributed by atoms with van der Waals surface area (Å²) in [5, 5.41) is 4.64. The normalized spacial score (nSPS) is 10.4. The number of benzene rings is 2. The maximum absolute atomic E-state index is 6.25. The van der Waals surface area contributed by atoms with Crippen molar-refractivity contribution < 1.29 is 19.0 Å². The topological polar surface area (TPSA) is 49.3 Å². The number of oxime groups is 1. The van der Waals surface area contributed by atoms with E-state index in [9.17, 15) is 0 Å². The Bertz CT molecular complexity index is 886. The fourth-order valence-electron chi connectivity index (χ4n) is 2.45. The highest BCUT2D eigenvalue weighted by atomic mass is 35.5. The van der Waals surface area contributed by atoms with Gasteiger partial charge < -0.3 is 19.0 Å². The molecule has 0 atom stereocenters. The highest BCUT2D eigenvalue weighted by Gasteiger charge is 2.10. The predicted molar refractivity (Wildman–Crippen MR) is 132 cm³/mol. The highest BCUT2D eigenvalue weighted by molar-refractivity contribution is 6.55. The van der Waals surface area contributed by atoms with Crippen molar-refractivity contribution in [3.05, 3.63) is 68.1 Å². The fourth-order valence-corrected chi connectivity index (χ4v) is 3.15. The third-order valence-electron chi connectivity index (χ3n) is 3.91. The summed E-state index contributed by atoms with van der Waals surface area (Å²) in [6, 6.07) is 11.3. The molecule has 0 N–H and O–H groups in total. The van der Waals surface area contributed by atoms with E-state index in [0.29, 0.717) is 54.4 Å². The van der Waals surface area contributed by atoms with Gasteiger partial charge >= 0.3 is 0 Å². The summed E-state index contributed by atoms with van der Waals surface area (Å²) in [5.41, 5.74) is 3.02. The van der Waals surface area contributed by atoms with E-state index in [1.54, 1.807) is 12.1 Å². The first-order valence-electron chi connectivity index (χ1n) is 9.89. The lowest BCUT2D eigenvalue weighted by Gasteiger charge is -2.12. The second-order valence-corrected chi connectivity index (χ2v) is 8.73. The van der Waals surface area contributed by atoms with Crippen molar-refractivity contribution in [1.29, 1.82) is 0 Å². The summed E-state index contributed by atoms with van der Waals surface area (Å²) in [6.45, 7) is 5.90. The van der Waals surface area contributed by atoms with Crippen LogP contribution in [0.3, 0.4) is 0 Å². The van der Waals surface area contributed by atoms with Gasteiger partial charge in [-0.25, -0.2) is 0 Å². The molecule has 0 radical (unpaired) electrons. The molecular weight excluding hydrogens is 496 g/mol. The van der Waals surface area contributed by atoms with Crippen LogP contribution in [0.1, 0.15) is 31.4 Å². The Morgan fingerprint density at radius 2 is 1.53 bits per heavy atom. The number of hydrogen-bond acceptors (Lipinski definition) is 5. The molecule has 0 bridgehead atoms. The Kier molecular flexibility index (Phi) is 12.1. The van der Waals surface area contributed by atoms with Crippen LogP contribution in [0.25, 0.3) is 0 Å². The molecule has 0 aliphatic rings. The summed E-state index contributed by atoms with van der Waals surface area (Å²) in [6.07, 6.45) is 2.20. The van der Waals surface area contributed by atoms with Gasteiger partial charge in [-0.15, -0.1) is 0 Å². The van der Waals surface area contributed by atoms with E-state index >= 15 is 0 Å². The third kappa shape index (κ3) is 10.3. The molecule has 2 aromatic rings. The molecule has 5 nitrogen and oxygen atoms in total. The Labute approximate surface area is 208 Å². The smallest absolute Gasteiger partial charge is 0.156 e. The fraction of sp³-hybridized carbons (Fsp3) is 0.348. The van der Waals surface area contributed by atoms with Crippen LogP contribution >= 0.6 is 46.4 Å². The van der Waals surface area contributed by atoms with Gasteiger partial charge in [-0.2, -0.15) is 0 Å². The van der Waals surface area contributed by atoms with E-state index in [4.69, 9.17) is 65.5 Å². The number of hydrogen-bond donors (Lipinski definition) is 0. The van der Waals surface area contributed by atoms with Crippen molar-refractivity contribution >= 4 is 52.1 Å². The van der Waals surface area contributed by atoms with Crippen LogP contribution in [0, 0.1) is 0 Å². The molecule has 0 spiro atoms. The largest absolute Gasteiger partial charge is 0.490 e. The van der Waals surface area contributed by atoms with E-state index in [0.717, 1.165) is 16.8 Å². The Hall–Kier alpha value is -1.63. The summed E-state index contributed by atoms with van der Waals surface area (Å²) in [4.78, 5) is 5.24. The first-order valence-corrected chi connectivity index (χ1v) is 11.4. The zero-order valence-electron chi connectivity index (χ0n) is 17.9.